The molecule has 3 N–H and O–H groups in total. The number of carboxylic acids is 2. The number of para-hydroxylation sites is 1. The summed E-state index contributed by atoms with van der Waals surface area (Å²) in [5.74, 6) is -2.48. The van der Waals surface area contributed by atoms with Crippen molar-refractivity contribution in [3.05, 3.63) is 63.7 Å². The third-order valence-electron chi connectivity index (χ3n) is 2.87. The van der Waals surface area contributed by atoms with E-state index in [-0.39, 0.29) is 22.5 Å². The Balaban J connectivity index is 2.48. The predicted octanol–water partition coefficient (Wildman–Crippen LogP) is 2.73. The van der Waals surface area contributed by atoms with Gasteiger partial charge in [0.05, 0.1) is 21.7 Å². The van der Waals surface area contributed by atoms with Crippen LogP contribution in [-0.4, -0.2) is 27.1 Å². The lowest BCUT2D eigenvalue weighted by molar-refractivity contribution is -0.383. The molecule has 2 aromatic carbocycles. The zero-order chi connectivity index (χ0) is 16.3. The number of aromatic carboxylic acids is 2. The standard InChI is InChI=1S/C14H10N2O6/c17-13(18)8-5-6-11(12(7-8)16(21)22)15-10-4-2-1-3-9(10)14(19)20/h1-7,15H,(H,17,18)(H,19,20). The molecule has 0 aliphatic heterocycles. The Morgan fingerprint density at radius 3 is 2.27 bits per heavy atom. The number of nitrogens with one attached hydrogen (secondary N) is 1. The monoisotopic (exact) mass is 302 g/mol. The Morgan fingerprint density at radius 1 is 1.00 bits per heavy atom. The lowest BCUT2D eigenvalue weighted by Gasteiger charge is -2.10. The summed E-state index contributed by atoms with van der Waals surface area (Å²) in [4.78, 5) is 32.3. The van der Waals surface area contributed by atoms with E-state index in [2.05, 4.69) is 5.32 Å². The van der Waals surface area contributed by atoms with Gasteiger partial charge in [-0.1, -0.05) is 12.1 Å². The van der Waals surface area contributed by atoms with E-state index in [1.807, 2.05) is 0 Å². The van der Waals surface area contributed by atoms with Crippen molar-refractivity contribution < 1.29 is 24.7 Å². The molecule has 0 aliphatic carbocycles. The summed E-state index contributed by atoms with van der Waals surface area (Å²) in [5.41, 5.74) is -0.576. The fraction of sp³-hybridized carbons (Fsp3) is 0. The molecule has 2 rings (SSSR count). The van der Waals surface area contributed by atoms with E-state index >= 15 is 0 Å². The molecule has 0 spiro atoms. The SMILES string of the molecule is O=C(O)c1ccc(Nc2ccccc2C(=O)O)c([N+](=O)[O-])c1. The van der Waals surface area contributed by atoms with Crippen molar-refractivity contribution in [1.82, 2.24) is 0 Å². The molecule has 8 nitrogen and oxygen atoms in total. The van der Waals surface area contributed by atoms with Crippen LogP contribution in [-0.2, 0) is 0 Å². The molecule has 0 atom stereocenters. The third-order valence-corrected chi connectivity index (χ3v) is 2.87. The minimum atomic E-state index is -1.29. The van der Waals surface area contributed by atoms with Crippen molar-refractivity contribution in [2.24, 2.45) is 0 Å². The molecule has 0 saturated heterocycles. The number of hydrogen-bond donors (Lipinski definition) is 3. The van der Waals surface area contributed by atoms with Gasteiger partial charge in [-0.15, -0.1) is 0 Å². The fourth-order valence-corrected chi connectivity index (χ4v) is 1.85. The number of carbonyl (C=O) groups is 2. The number of hydrogen-bond acceptors (Lipinski definition) is 5. The first-order valence-corrected chi connectivity index (χ1v) is 6.01. The first kappa shape index (κ1) is 15.0. The molecule has 0 saturated carbocycles. The quantitative estimate of drug-likeness (QED) is 0.571. The molecule has 0 heterocycles. The molecule has 0 radical (unpaired) electrons. The molecule has 0 amide bonds. The maximum atomic E-state index is 11.1. The predicted molar refractivity (Wildman–Crippen MR) is 76.7 cm³/mol. The van der Waals surface area contributed by atoms with Gasteiger partial charge in [-0.3, -0.25) is 10.1 Å². The summed E-state index contributed by atoms with van der Waals surface area (Å²) in [6, 6.07) is 9.23. The zero-order valence-electron chi connectivity index (χ0n) is 11.0. The molecule has 0 bridgehead atoms. The van der Waals surface area contributed by atoms with Crippen molar-refractivity contribution in [2.45, 2.75) is 0 Å². The van der Waals surface area contributed by atoms with Gasteiger partial charge >= 0.3 is 11.9 Å². The van der Waals surface area contributed by atoms with E-state index < -0.39 is 22.5 Å². The van der Waals surface area contributed by atoms with Crippen LogP contribution < -0.4 is 5.32 Å². The second-order valence-corrected chi connectivity index (χ2v) is 4.27. The summed E-state index contributed by atoms with van der Waals surface area (Å²) in [5, 5.41) is 31.7. The molecule has 112 valence electrons. The van der Waals surface area contributed by atoms with Crippen LogP contribution in [0.1, 0.15) is 20.7 Å². The van der Waals surface area contributed by atoms with Gasteiger partial charge < -0.3 is 15.5 Å². The molecular weight excluding hydrogens is 292 g/mol. The van der Waals surface area contributed by atoms with Crippen LogP contribution >= 0.6 is 0 Å². The number of nitro benzene ring substituents is 1. The number of rotatable bonds is 5. The molecule has 0 aromatic heterocycles. The second kappa shape index (κ2) is 5.92. The van der Waals surface area contributed by atoms with Gasteiger partial charge in [0.2, 0.25) is 0 Å². The Kier molecular flexibility index (Phi) is 4.03. The first-order chi connectivity index (χ1) is 10.4. The second-order valence-electron chi connectivity index (χ2n) is 4.27. The van der Waals surface area contributed by atoms with Gasteiger partial charge in [-0.05, 0) is 24.3 Å². The van der Waals surface area contributed by atoms with E-state index in [0.29, 0.717) is 0 Å². The highest BCUT2D eigenvalue weighted by Crippen LogP contribution is 2.30. The number of carboxylic acid groups (broad SMARTS) is 2. The average Bonchev–Trinajstić information content (AvgIpc) is 2.47. The van der Waals surface area contributed by atoms with E-state index in [9.17, 15) is 19.7 Å². The molecule has 0 aliphatic rings. The molecular formula is C14H10N2O6. The topological polar surface area (TPSA) is 130 Å². The number of nitro groups is 1. The summed E-state index contributed by atoms with van der Waals surface area (Å²) in [6.07, 6.45) is 0. The normalized spacial score (nSPS) is 10.0. The highest BCUT2D eigenvalue weighted by Gasteiger charge is 2.19. The zero-order valence-corrected chi connectivity index (χ0v) is 11.0. The Bertz CT molecular complexity index is 772. The van der Waals surface area contributed by atoms with E-state index in [1.54, 1.807) is 6.07 Å². The number of anilines is 2. The van der Waals surface area contributed by atoms with Gasteiger partial charge in [0.1, 0.15) is 5.69 Å². The van der Waals surface area contributed by atoms with Crippen LogP contribution in [0.15, 0.2) is 42.5 Å². The molecule has 0 unspecified atom stereocenters. The van der Waals surface area contributed by atoms with Gasteiger partial charge in [-0.2, -0.15) is 0 Å². The number of benzene rings is 2. The molecule has 0 fully saturated rings. The Morgan fingerprint density at radius 2 is 1.68 bits per heavy atom. The summed E-state index contributed by atoms with van der Waals surface area (Å²) in [6.45, 7) is 0. The molecule has 22 heavy (non-hydrogen) atoms. The smallest absolute Gasteiger partial charge is 0.337 e. The number of nitrogens with zero attached hydrogens (tertiary/aromatic N) is 1. The van der Waals surface area contributed by atoms with E-state index in [0.717, 1.165) is 6.07 Å². The van der Waals surface area contributed by atoms with Crippen LogP contribution in [0, 0.1) is 10.1 Å². The third kappa shape index (κ3) is 3.01. The molecule has 8 heteroatoms. The maximum Gasteiger partial charge on any atom is 0.337 e. The largest absolute Gasteiger partial charge is 0.478 e. The van der Waals surface area contributed by atoms with Crippen LogP contribution in [0.3, 0.4) is 0 Å². The Labute approximate surface area is 123 Å². The van der Waals surface area contributed by atoms with Crippen molar-refractivity contribution in [1.29, 1.82) is 0 Å². The highest BCUT2D eigenvalue weighted by atomic mass is 16.6. The first-order valence-electron chi connectivity index (χ1n) is 6.01. The van der Waals surface area contributed by atoms with E-state index in [1.165, 1.54) is 30.3 Å². The average molecular weight is 302 g/mol. The molecule has 2 aromatic rings. The van der Waals surface area contributed by atoms with Crippen LogP contribution in [0.2, 0.25) is 0 Å². The highest BCUT2D eigenvalue weighted by molar-refractivity contribution is 5.96. The fourth-order valence-electron chi connectivity index (χ4n) is 1.85. The van der Waals surface area contributed by atoms with Crippen molar-refractivity contribution >= 4 is 29.0 Å². The van der Waals surface area contributed by atoms with E-state index in [4.69, 9.17) is 10.2 Å². The summed E-state index contributed by atoms with van der Waals surface area (Å²) in [7, 11) is 0. The van der Waals surface area contributed by atoms with Crippen molar-refractivity contribution in [3.63, 3.8) is 0 Å². The maximum absolute atomic E-state index is 11.1. The van der Waals surface area contributed by atoms with Crippen molar-refractivity contribution in [2.75, 3.05) is 5.32 Å². The van der Waals surface area contributed by atoms with Gasteiger partial charge in [0.15, 0.2) is 0 Å². The Hall–Kier alpha value is -3.42. The van der Waals surface area contributed by atoms with Crippen LogP contribution in [0.5, 0.6) is 0 Å². The van der Waals surface area contributed by atoms with Gasteiger partial charge in [0, 0.05) is 6.07 Å². The lowest BCUT2D eigenvalue weighted by Crippen LogP contribution is -2.05. The van der Waals surface area contributed by atoms with Crippen LogP contribution in [0.4, 0.5) is 17.1 Å². The minimum absolute atomic E-state index is 0.00343. The minimum Gasteiger partial charge on any atom is -0.478 e. The lowest BCUT2D eigenvalue weighted by atomic mass is 10.1. The summed E-state index contributed by atoms with van der Waals surface area (Å²) < 4.78 is 0. The summed E-state index contributed by atoms with van der Waals surface area (Å²) >= 11 is 0. The van der Waals surface area contributed by atoms with Gasteiger partial charge in [-0.25, -0.2) is 9.59 Å². The van der Waals surface area contributed by atoms with Gasteiger partial charge in [0.25, 0.3) is 5.69 Å². The van der Waals surface area contributed by atoms with Crippen molar-refractivity contribution in [3.8, 4) is 0 Å². The van der Waals surface area contributed by atoms with Crippen LogP contribution in [0.25, 0.3) is 0 Å².